The third-order valence-corrected chi connectivity index (χ3v) is 6.60. The highest BCUT2D eigenvalue weighted by molar-refractivity contribution is 5.65. The average molecular weight is 381 g/mol. The maximum absolute atomic E-state index is 11.5. The highest BCUT2D eigenvalue weighted by Crippen LogP contribution is 2.54. The Morgan fingerprint density at radius 1 is 1.19 bits per heavy atom. The Hall–Kier alpha value is -1.17. The fourth-order valence-corrected chi connectivity index (χ4v) is 4.97. The van der Waals surface area contributed by atoms with E-state index in [9.17, 15) is 20.1 Å². The summed E-state index contributed by atoms with van der Waals surface area (Å²) in [6, 6.07) is 0. The van der Waals surface area contributed by atoms with Crippen LogP contribution in [0.4, 0.5) is 0 Å². The molecular formula is C22H36O5. The van der Waals surface area contributed by atoms with Gasteiger partial charge >= 0.3 is 5.97 Å². The highest BCUT2D eigenvalue weighted by atomic mass is 16.5. The lowest BCUT2D eigenvalue weighted by atomic mass is 9.63. The van der Waals surface area contributed by atoms with Crippen molar-refractivity contribution in [2.45, 2.75) is 77.9 Å². The maximum Gasteiger partial charge on any atom is 0.302 e. The molecule has 2 aliphatic rings. The molecule has 2 rings (SSSR count). The Bertz CT molecular complexity index is 592. The minimum atomic E-state index is -1.00. The van der Waals surface area contributed by atoms with Gasteiger partial charge in [-0.3, -0.25) is 4.79 Å². The Kier molecular flexibility index (Phi) is 7.28. The number of rotatable bonds is 6. The smallest absolute Gasteiger partial charge is 0.302 e. The molecule has 0 heterocycles. The normalized spacial score (nSPS) is 36.7. The first-order valence-corrected chi connectivity index (χ1v) is 10.1. The van der Waals surface area contributed by atoms with Crippen molar-refractivity contribution in [2.75, 3.05) is 13.2 Å². The number of aliphatic hydroxyl groups is 3. The minimum absolute atomic E-state index is 0.0722. The fourth-order valence-electron chi connectivity index (χ4n) is 4.97. The number of carbonyl (C=O) groups excluding carboxylic acids is 1. The zero-order valence-electron chi connectivity index (χ0n) is 17.2. The van der Waals surface area contributed by atoms with Crippen LogP contribution < -0.4 is 0 Å². The Balaban J connectivity index is 2.38. The molecule has 5 heteroatoms. The number of ether oxygens (including phenoxy) is 1. The highest BCUT2D eigenvalue weighted by Gasteiger charge is 2.54. The number of aliphatic hydroxyl groups excluding tert-OH is 2. The first-order valence-electron chi connectivity index (χ1n) is 10.1. The van der Waals surface area contributed by atoms with Gasteiger partial charge in [-0.05, 0) is 69.3 Å². The molecule has 2 saturated carbocycles. The average Bonchev–Trinajstić information content (AvgIpc) is 2.67. The lowest BCUT2D eigenvalue weighted by molar-refractivity contribution is -0.157. The largest absolute Gasteiger partial charge is 0.465 e. The van der Waals surface area contributed by atoms with Crippen LogP contribution in [0.2, 0.25) is 0 Å². The van der Waals surface area contributed by atoms with Gasteiger partial charge in [-0.15, -0.1) is 0 Å². The van der Waals surface area contributed by atoms with E-state index in [-0.39, 0.29) is 36.4 Å². The molecule has 0 aromatic heterocycles. The van der Waals surface area contributed by atoms with Gasteiger partial charge in [-0.1, -0.05) is 24.6 Å². The van der Waals surface area contributed by atoms with E-state index in [2.05, 4.69) is 6.08 Å². The zero-order chi connectivity index (χ0) is 20.2. The summed E-state index contributed by atoms with van der Waals surface area (Å²) in [7, 11) is 0. The maximum atomic E-state index is 11.5. The van der Waals surface area contributed by atoms with E-state index in [1.165, 1.54) is 12.5 Å². The van der Waals surface area contributed by atoms with Crippen LogP contribution in [0, 0.1) is 17.3 Å². The van der Waals surface area contributed by atoms with Crippen molar-refractivity contribution in [2.24, 2.45) is 17.3 Å². The van der Waals surface area contributed by atoms with Crippen molar-refractivity contribution >= 4 is 5.97 Å². The van der Waals surface area contributed by atoms with Crippen LogP contribution in [0.25, 0.3) is 0 Å². The predicted octanol–water partition coefficient (Wildman–Crippen LogP) is 3.13. The Morgan fingerprint density at radius 3 is 2.48 bits per heavy atom. The van der Waals surface area contributed by atoms with Gasteiger partial charge in [-0.25, -0.2) is 0 Å². The summed E-state index contributed by atoms with van der Waals surface area (Å²) >= 11 is 0. The van der Waals surface area contributed by atoms with Gasteiger partial charge in [0.25, 0.3) is 0 Å². The first-order chi connectivity index (χ1) is 12.6. The predicted molar refractivity (Wildman–Crippen MR) is 105 cm³/mol. The topological polar surface area (TPSA) is 87.0 Å². The number of esters is 1. The quantitative estimate of drug-likeness (QED) is 0.487. The lowest BCUT2D eigenvalue weighted by Gasteiger charge is -2.48. The molecule has 0 saturated heterocycles. The summed E-state index contributed by atoms with van der Waals surface area (Å²) in [5, 5.41) is 32.1. The molecule has 154 valence electrons. The van der Waals surface area contributed by atoms with Crippen LogP contribution in [0.5, 0.6) is 0 Å². The molecule has 5 atom stereocenters. The second kappa shape index (κ2) is 8.89. The van der Waals surface area contributed by atoms with E-state index < -0.39 is 11.7 Å². The molecule has 0 aliphatic heterocycles. The third kappa shape index (κ3) is 5.21. The molecule has 3 N–H and O–H groups in total. The molecule has 0 unspecified atom stereocenters. The van der Waals surface area contributed by atoms with Crippen LogP contribution in [-0.4, -0.2) is 46.2 Å². The van der Waals surface area contributed by atoms with E-state index in [0.717, 1.165) is 24.8 Å². The van der Waals surface area contributed by atoms with Gasteiger partial charge in [-0.2, -0.15) is 0 Å². The van der Waals surface area contributed by atoms with Crippen LogP contribution in [0.15, 0.2) is 23.3 Å². The number of hydrogen-bond acceptors (Lipinski definition) is 5. The number of carbonyl (C=O) groups is 1. The standard InChI is InChI=1S/C22H36O5/c1-15(2)6-5-7-17(12-23)18-8-10-21(4)14-22(26,11-9-20(21)25)19(18)13-27-16(3)24/h6-7,18-20,23,25-26H,5,8-14H2,1-4H3/b17-7+/t18-,19-,20-,21+,22-/m1/s1. The summed E-state index contributed by atoms with van der Waals surface area (Å²) in [5.41, 5.74) is 0.751. The van der Waals surface area contributed by atoms with Crippen LogP contribution in [-0.2, 0) is 9.53 Å². The van der Waals surface area contributed by atoms with E-state index >= 15 is 0 Å². The van der Waals surface area contributed by atoms with Gasteiger partial charge in [0.15, 0.2) is 0 Å². The minimum Gasteiger partial charge on any atom is -0.465 e. The van der Waals surface area contributed by atoms with Crippen molar-refractivity contribution < 1.29 is 24.9 Å². The van der Waals surface area contributed by atoms with Crippen molar-refractivity contribution in [3.05, 3.63) is 23.3 Å². The van der Waals surface area contributed by atoms with Gasteiger partial charge in [0.05, 0.1) is 24.9 Å². The molecule has 27 heavy (non-hydrogen) atoms. The summed E-state index contributed by atoms with van der Waals surface area (Å²) in [4.78, 5) is 11.4. The fraction of sp³-hybridized carbons (Fsp3) is 0.773. The SMILES string of the molecule is CC(=O)OC[C@@H]1[C@@H](/C(=C/CC=C(C)C)CO)CC[C@@]2(C)C[C@]1(O)CC[C@H]2O. The van der Waals surface area contributed by atoms with E-state index in [0.29, 0.717) is 19.3 Å². The summed E-state index contributed by atoms with van der Waals surface area (Å²) in [6.45, 7) is 7.56. The van der Waals surface area contributed by atoms with Crippen LogP contribution in [0.1, 0.15) is 66.2 Å². The third-order valence-electron chi connectivity index (χ3n) is 6.60. The lowest BCUT2D eigenvalue weighted by Crippen LogP contribution is -2.52. The second-order valence-corrected chi connectivity index (χ2v) is 9.00. The van der Waals surface area contributed by atoms with Crippen molar-refractivity contribution in [1.82, 2.24) is 0 Å². The van der Waals surface area contributed by atoms with Gasteiger partial charge < -0.3 is 20.1 Å². The summed E-state index contributed by atoms with van der Waals surface area (Å²) in [5.74, 6) is -0.711. The molecule has 5 nitrogen and oxygen atoms in total. The molecule has 2 bridgehead atoms. The molecule has 0 amide bonds. The molecule has 2 aliphatic carbocycles. The molecule has 2 fully saturated rings. The van der Waals surface area contributed by atoms with Crippen LogP contribution in [0.3, 0.4) is 0 Å². The number of hydrogen-bond donors (Lipinski definition) is 3. The van der Waals surface area contributed by atoms with Crippen molar-refractivity contribution in [1.29, 1.82) is 0 Å². The number of fused-ring (bicyclic) bond motifs is 2. The summed E-state index contributed by atoms with van der Waals surface area (Å²) in [6.07, 6.45) is 7.50. The van der Waals surface area contributed by atoms with E-state index in [4.69, 9.17) is 4.74 Å². The van der Waals surface area contributed by atoms with E-state index in [1.54, 1.807) is 0 Å². The second-order valence-electron chi connectivity index (χ2n) is 9.00. The molecule has 0 aromatic rings. The molecule has 0 aromatic carbocycles. The van der Waals surface area contributed by atoms with Crippen LogP contribution >= 0.6 is 0 Å². The molecular weight excluding hydrogens is 344 g/mol. The van der Waals surface area contributed by atoms with Crippen molar-refractivity contribution in [3.63, 3.8) is 0 Å². The zero-order valence-corrected chi connectivity index (χ0v) is 17.2. The Morgan fingerprint density at radius 2 is 1.89 bits per heavy atom. The number of allylic oxidation sites excluding steroid dienone is 3. The van der Waals surface area contributed by atoms with Gasteiger partial charge in [0.2, 0.25) is 0 Å². The molecule has 0 radical (unpaired) electrons. The molecule has 0 spiro atoms. The monoisotopic (exact) mass is 380 g/mol. The van der Waals surface area contributed by atoms with Crippen molar-refractivity contribution in [3.8, 4) is 0 Å². The summed E-state index contributed by atoms with van der Waals surface area (Å²) < 4.78 is 5.34. The van der Waals surface area contributed by atoms with E-state index in [1.807, 2.05) is 26.8 Å². The van der Waals surface area contributed by atoms with Gasteiger partial charge in [0, 0.05) is 12.8 Å². The van der Waals surface area contributed by atoms with Gasteiger partial charge in [0.1, 0.15) is 0 Å². The first kappa shape index (κ1) is 22.1. The Labute approximate surface area is 163 Å².